The molecule has 2 atom stereocenters. The average Bonchev–Trinajstić information content (AvgIpc) is 3.11. The summed E-state index contributed by atoms with van der Waals surface area (Å²) in [4.78, 5) is 0. The third kappa shape index (κ3) is 3.53. The van der Waals surface area contributed by atoms with Crippen LogP contribution in [0.1, 0.15) is 43.2 Å². The summed E-state index contributed by atoms with van der Waals surface area (Å²) in [5.41, 5.74) is 4.42. The lowest BCUT2D eigenvalue weighted by atomic mass is 9.93. The highest BCUT2D eigenvalue weighted by molar-refractivity contribution is 5.72. The van der Waals surface area contributed by atoms with Gasteiger partial charge in [0.15, 0.2) is 11.6 Å². The van der Waals surface area contributed by atoms with Gasteiger partial charge in [0, 0.05) is 11.1 Å². The lowest BCUT2D eigenvalue weighted by Gasteiger charge is -2.12. The second kappa shape index (κ2) is 7.26. The van der Waals surface area contributed by atoms with E-state index >= 15 is 0 Å². The molecule has 3 aromatic rings. The average molecular weight is 362 g/mol. The minimum absolute atomic E-state index is 0.299. The molecule has 2 unspecified atom stereocenters. The molecule has 0 amide bonds. The highest BCUT2D eigenvalue weighted by atomic mass is 19.2. The van der Waals surface area contributed by atoms with E-state index in [4.69, 9.17) is 0 Å². The summed E-state index contributed by atoms with van der Waals surface area (Å²) in [6, 6.07) is 18.8. The molecule has 1 fully saturated rings. The van der Waals surface area contributed by atoms with Gasteiger partial charge in [0.25, 0.3) is 0 Å². The number of rotatable bonds is 3. The van der Waals surface area contributed by atoms with Crippen molar-refractivity contribution < 1.29 is 8.78 Å². The molecule has 1 aliphatic carbocycles. The molecule has 0 N–H and O–H groups in total. The van der Waals surface area contributed by atoms with Crippen LogP contribution in [-0.4, -0.2) is 0 Å². The number of hydrogen-bond acceptors (Lipinski definition) is 0. The predicted octanol–water partition coefficient (Wildman–Crippen LogP) is 7.51. The summed E-state index contributed by atoms with van der Waals surface area (Å²) in [5, 5.41) is 0. The first-order chi connectivity index (χ1) is 13.0. The Morgan fingerprint density at radius 1 is 0.704 bits per heavy atom. The van der Waals surface area contributed by atoms with Crippen molar-refractivity contribution in [2.45, 2.75) is 39.0 Å². The zero-order valence-corrected chi connectivity index (χ0v) is 15.8. The standard InChI is InChI=1S/C25H24F2/c1-16-3-6-19(7-4-16)22-13-14-23(25(27)24(22)26)20-11-9-18(10-12-20)21-8-5-17(2)15-21/h3-4,6-7,9-14,17,21H,5,8,15H2,1-2H3. The Morgan fingerprint density at radius 2 is 1.22 bits per heavy atom. The Labute approximate surface area is 159 Å². The van der Waals surface area contributed by atoms with Crippen LogP contribution < -0.4 is 0 Å². The van der Waals surface area contributed by atoms with Crippen LogP contribution in [0.25, 0.3) is 22.3 Å². The molecule has 0 aliphatic heterocycles. The van der Waals surface area contributed by atoms with Crippen molar-refractivity contribution in [1.29, 1.82) is 0 Å². The monoisotopic (exact) mass is 362 g/mol. The molecule has 0 spiro atoms. The van der Waals surface area contributed by atoms with E-state index in [0.29, 0.717) is 22.6 Å². The van der Waals surface area contributed by atoms with Crippen LogP contribution in [0, 0.1) is 24.5 Å². The van der Waals surface area contributed by atoms with Crippen molar-refractivity contribution in [2.75, 3.05) is 0 Å². The normalized spacial score (nSPS) is 19.4. The molecule has 0 bridgehead atoms. The number of aryl methyl sites for hydroxylation is 1. The summed E-state index contributed by atoms with van der Waals surface area (Å²) in [6.07, 6.45) is 3.70. The van der Waals surface area contributed by atoms with Gasteiger partial charge in [-0.15, -0.1) is 0 Å². The molecule has 1 aliphatic rings. The second-order valence-corrected chi connectivity index (χ2v) is 7.89. The smallest absolute Gasteiger partial charge is 0.167 e. The van der Waals surface area contributed by atoms with E-state index in [1.54, 1.807) is 12.1 Å². The third-order valence-electron chi connectivity index (χ3n) is 5.83. The first-order valence-corrected chi connectivity index (χ1v) is 9.68. The van der Waals surface area contributed by atoms with Gasteiger partial charge in [0.05, 0.1) is 0 Å². The summed E-state index contributed by atoms with van der Waals surface area (Å²) in [7, 11) is 0. The first kappa shape index (κ1) is 17.9. The molecule has 3 aromatic carbocycles. The molecule has 138 valence electrons. The third-order valence-corrected chi connectivity index (χ3v) is 5.83. The van der Waals surface area contributed by atoms with Crippen molar-refractivity contribution in [3.63, 3.8) is 0 Å². The fourth-order valence-electron chi connectivity index (χ4n) is 4.17. The largest absolute Gasteiger partial charge is 0.203 e. The van der Waals surface area contributed by atoms with E-state index in [1.165, 1.54) is 24.8 Å². The van der Waals surface area contributed by atoms with Crippen LogP contribution in [0.3, 0.4) is 0 Å². The van der Waals surface area contributed by atoms with E-state index in [-0.39, 0.29) is 0 Å². The fourth-order valence-corrected chi connectivity index (χ4v) is 4.17. The van der Waals surface area contributed by atoms with Gasteiger partial charge in [0.2, 0.25) is 0 Å². The minimum atomic E-state index is -0.787. The van der Waals surface area contributed by atoms with Gasteiger partial charge in [-0.3, -0.25) is 0 Å². The summed E-state index contributed by atoms with van der Waals surface area (Å²) in [6.45, 7) is 4.27. The SMILES string of the molecule is Cc1ccc(-c2ccc(-c3ccc(C4CCC(C)C4)cc3)c(F)c2F)cc1. The van der Waals surface area contributed by atoms with Crippen LogP contribution in [0.2, 0.25) is 0 Å². The Balaban J connectivity index is 1.64. The van der Waals surface area contributed by atoms with Gasteiger partial charge in [-0.1, -0.05) is 79.6 Å². The van der Waals surface area contributed by atoms with Crippen molar-refractivity contribution in [3.8, 4) is 22.3 Å². The van der Waals surface area contributed by atoms with Gasteiger partial charge in [-0.05, 0) is 48.3 Å². The maximum atomic E-state index is 14.8. The van der Waals surface area contributed by atoms with E-state index in [2.05, 4.69) is 19.1 Å². The Morgan fingerprint density at radius 3 is 1.70 bits per heavy atom. The summed E-state index contributed by atoms with van der Waals surface area (Å²) in [5.74, 6) is -0.199. The van der Waals surface area contributed by atoms with E-state index in [1.807, 2.05) is 43.3 Å². The van der Waals surface area contributed by atoms with Gasteiger partial charge in [-0.2, -0.15) is 0 Å². The highest BCUT2D eigenvalue weighted by Gasteiger charge is 2.23. The van der Waals surface area contributed by atoms with Crippen LogP contribution in [0.5, 0.6) is 0 Å². The predicted molar refractivity (Wildman–Crippen MR) is 108 cm³/mol. The lowest BCUT2D eigenvalue weighted by Crippen LogP contribution is -1.96. The fraction of sp³-hybridized carbons (Fsp3) is 0.280. The quantitative estimate of drug-likeness (QED) is 0.452. The van der Waals surface area contributed by atoms with Crippen molar-refractivity contribution in [1.82, 2.24) is 0 Å². The van der Waals surface area contributed by atoms with Crippen molar-refractivity contribution in [2.24, 2.45) is 5.92 Å². The molecular formula is C25H24F2. The maximum absolute atomic E-state index is 14.8. The molecule has 2 heteroatoms. The van der Waals surface area contributed by atoms with E-state index < -0.39 is 11.6 Å². The van der Waals surface area contributed by atoms with Gasteiger partial charge < -0.3 is 0 Å². The molecule has 27 heavy (non-hydrogen) atoms. The van der Waals surface area contributed by atoms with Gasteiger partial charge >= 0.3 is 0 Å². The molecule has 0 nitrogen and oxygen atoms in total. The second-order valence-electron chi connectivity index (χ2n) is 7.89. The van der Waals surface area contributed by atoms with Crippen LogP contribution >= 0.6 is 0 Å². The Bertz CT molecular complexity index is 939. The number of benzene rings is 3. The highest BCUT2D eigenvalue weighted by Crippen LogP contribution is 2.39. The lowest BCUT2D eigenvalue weighted by molar-refractivity contribution is 0.514. The summed E-state index contributed by atoms with van der Waals surface area (Å²) >= 11 is 0. The van der Waals surface area contributed by atoms with Crippen LogP contribution in [0.15, 0.2) is 60.7 Å². The molecular weight excluding hydrogens is 338 g/mol. The summed E-state index contributed by atoms with van der Waals surface area (Å²) < 4.78 is 29.5. The first-order valence-electron chi connectivity index (χ1n) is 9.68. The van der Waals surface area contributed by atoms with Gasteiger partial charge in [0.1, 0.15) is 0 Å². The molecule has 0 aromatic heterocycles. The molecule has 0 heterocycles. The Kier molecular flexibility index (Phi) is 4.82. The van der Waals surface area contributed by atoms with Crippen LogP contribution in [-0.2, 0) is 0 Å². The Hall–Kier alpha value is -2.48. The molecule has 4 rings (SSSR count). The minimum Gasteiger partial charge on any atom is -0.203 e. The zero-order valence-electron chi connectivity index (χ0n) is 15.8. The number of hydrogen-bond donors (Lipinski definition) is 0. The number of halogens is 2. The van der Waals surface area contributed by atoms with E-state index in [9.17, 15) is 8.78 Å². The molecule has 0 saturated heterocycles. The van der Waals surface area contributed by atoms with Gasteiger partial charge in [-0.25, -0.2) is 8.78 Å². The van der Waals surface area contributed by atoms with E-state index in [0.717, 1.165) is 17.0 Å². The molecule has 1 saturated carbocycles. The zero-order chi connectivity index (χ0) is 19.0. The van der Waals surface area contributed by atoms with Crippen molar-refractivity contribution >= 4 is 0 Å². The van der Waals surface area contributed by atoms with Crippen LogP contribution in [0.4, 0.5) is 8.78 Å². The van der Waals surface area contributed by atoms with Crippen molar-refractivity contribution in [3.05, 3.63) is 83.4 Å². The maximum Gasteiger partial charge on any atom is 0.167 e. The topological polar surface area (TPSA) is 0 Å². The molecule has 0 radical (unpaired) electrons.